The molecule has 0 aromatic heterocycles. The molecule has 0 spiro atoms. The molecule has 1 heterocycles. The van der Waals surface area contributed by atoms with Gasteiger partial charge in [-0.3, -0.25) is 4.79 Å². The van der Waals surface area contributed by atoms with Crippen LogP contribution in [0.5, 0.6) is 0 Å². The Labute approximate surface area is 121 Å². The lowest BCUT2D eigenvalue weighted by Crippen LogP contribution is -2.44. The van der Waals surface area contributed by atoms with Gasteiger partial charge in [0.05, 0.1) is 0 Å². The van der Waals surface area contributed by atoms with E-state index in [0.717, 1.165) is 38.8 Å². The number of nitrogens with one attached hydrogen (secondary N) is 2. The van der Waals surface area contributed by atoms with Crippen molar-refractivity contribution in [2.75, 3.05) is 19.6 Å². The van der Waals surface area contributed by atoms with E-state index in [1.54, 1.807) is 0 Å². The number of carbonyl (C=O) groups is 2. The zero-order valence-corrected chi connectivity index (χ0v) is 12.3. The van der Waals surface area contributed by atoms with Gasteiger partial charge in [-0.1, -0.05) is 19.3 Å². The molecular weight excluding hydrogens is 254 g/mol. The van der Waals surface area contributed by atoms with Crippen LogP contribution in [0.3, 0.4) is 0 Å². The monoisotopic (exact) mass is 281 g/mol. The molecule has 0 aromatic rings. The van der Waals surface area contributed by atoms with Gasteiger partial charge in [0.2, 0.25) is 5.91 Å². The molecule has 0 bridgehead atoms. The van der Waals surface area contributed by atoms with Crippen LogP contribution in [-0.4, -0.2) is 42.5 Å². The Morgan fingerprint density at radius 1 is 0.950 bits per heavy atom. The van der Waals surface area contributed by atoms with Crippen LogP contribution in [-0.2, 0) is 4.79 Å². The van der Waals surface area contributed by atoms with Crippen LogP contribution in [0, 0.1) is 0 Å². The van der Waals surface area contributed by atoms with Gasteiger partial charge in [0.25, 0.3) is 0 Å². The van der Waals surface area contributed by atoms with E-state index >= 15 is 0 Å². The first-order valence-electron chi connectivity index (χ1n) is 8.08. The van der Waals surface area contributed by atoms with Gasteiger partial charge in [-0.25, -0.2) is 4.79 Å². The van der Waals surface area contributed by atoms with E-state index in [1.165, 1.54) is 25.7 Å². The largest absolute Gasteiger partial charge is 0.343 e. The summed E-state index contributed by atoms with van der Waals surface area (Å²) in [5.41, 5.74) is 0. The lowest BCUT2D eigenvalue weighted by Gasteiger charge is -2.27. The third-order valence-corrected chi connectivity index (χ3v) is 4.27. The fourth-order valence-corrected chi connectivity index (χ4v) is 3.07. The normalized spacial score (nSPS) is 20.5. The Morgan fingerprint density at radius 3 is 2.30 bits per heavy atom. The highest BCUT2D eigenvalue weighted by Crippen LogP contribution is 2.17. The Hall–Kier alpha value is -1.26. The summed E-state index contributed by atoms with van der Waals surface area (Å²) in [6, 6.07) is 0.199. The van der Waals surface area contributed by atoms with Crippen molar-refractivity contribution in [2.24, 2.45) is 0 Å². The summed E-state index contributed by atoms with van der Waals surface area (Å²) < 4.78 is 0. The third-order valence-electron chi connectivity index (χ3n) is 4.27. The average Bonchev–Trinajstić information content (AvgIpc) is 2.49. The zero-order valence-electron chi connectivity index (χ0n) is 12.3. The molecule has 3 amide bonds. The summed E-state index contributed by atoms with van der Waals surface area (Å²) in [5, 5.41) is 5.80. The van der Waals surface area contributed by atoms with Gasteiger partial charge in [-0.2, -0.15) is 0 Å². The highest BCUT2D eigenvalue weighted by atomic mass is 16.2. The third kappa shape index (κ3) is 5.02. The number of hydrogen-bond donors (Lipinski definition) is 2. The number of nitrogens with zero attached hydrogens (tertiary/aromatic N) is 1. The van der Waals surface area contributed by atoms with Crippen molar-refractivity contribution >= 4 is 11.9 Å². The van der Waals surface area contributed by atoms with Gasteiger partial charge in [0, 0.05) is 32.1 Å². The SMILES string of the molecule is O=C(NCCC(=O)N1CCCCC1)NC1CCCCC1. The summed E-state index contributed by atoms with van der Waals surface area (Å²) in [5.74, 6) is 0.169. The first kappa shape index (κ1) is 15.1. The molecule has 0 unspecified atom stereocenters. The van der Waals surface area contributed by atoms with E-state index in [0.29, 0.717) is 19.0 Å². The molecular formula is C15H27N3O2. The van der Waals surface area contributed by atoms with Gasteiger partial charge in [0.1, 0.15) is 0 Å². The van der Waals surface area contributed by atoms with E-state index in [4.69, 9.17) is 0 Å². The van der Waals surface area contributed by atoms with Crippen LogP contribution >= 0.6 is 0 Å². The molecule has 2 fully saturated rings. The van der Waals surface area contributed by atoms with Crippen molar-refractivity contribution in [2.45, 2.75) is 63.8 Å². The fourth-order valence-electron chi connectivity index (χ4n) is 3.07. The highest BCUT2D eigenvalue weighted by Gasteiger charge is 2.17. The number of hydrogen-bond acceptors (Lipinski definition) is 2. The van der Waals surface area contributed by atoms with E-state index in [2.05, 4.69) is 10.6 Å². The Bertz CT molecular complexity index is 321. The van der Waals surface area contributed by atoms with Crippen LogP contribution in [0.15, 0.2) is 0 Å². The minimum absolute atomic E-state index is 0.122. The summed E-state index contributed by atoms with van der Waals surface area (Å²) in [6.07, 6.45) is 9.73. The Kier molecular flexibility index (Phi) is 6.15. The molecule has 5 heteroatoms. The standard InChI is InChI=1S/C15H27N3O2/c19-14(18-11-5-2-6-12-18)9-10-16-15(20)17-13-7-3-1-4-8-13/h13H,1-12H2,(H2,16,17,20). The highest BCUT2D eigenvalue weighted by molar-refractivity contribution is 5.78. The maximum atomic E-state index is 11.9. The van der Waals surface area contributed by atoms with Crippen LogP contribution in [0.1, 0.15) is 57.8 Å². The molecule has 1 saturated carbocycles. The summed E-state index contributed by atoms with van der Waals surface area (Å²) in [7, 11) is 0. The maximum absolute atomic E-state index is 11.9. The van der Waals surface area contributed by atoms with Crippen LogP contribution in [0.25, 0.3) is 0 Å². The van der Waals surface area contributed by atoms with Gasteiger partial charge >= 0.3 is 6.03 Å². The van der Waals surface area contributed by atoms with Crippen molar-refractivity contribution in [3.63, 3.8) is 0 Å². The van der Waals surface area contributed by atoms with Crippen LogP contribution < -0.4 is 10.6 Å². The summed E-state index contributed by atoms with van der Waals surface area (Å²) in [4.78, 5) is 25.6. The molecule has 0 aromatic carbocycles. The van der Waals surface area contributed by atoms with E-state index < -0.39 is 0 Å². The number of likely N-dealkylation sites (tertiary alicyclic amines) is 1. The minimum Gasteiger partial charge on any atom is -0.343 e. The summed E-state index contributed by atoms with van der Waals surface area (Å²) in [6.45, 7) is 2.20. The molecule has 5 nitrogen and oxygen atoms in total. The first-order chi connectivity index (χ1) is 9.75. The molecule has 1 aliphatic heterocycles. The first-order valence-corrected chi connectivity index (χ1v) is 8.08. The van der Waals surface area contributed by atoms with Gasteiger partial charge in [-0.05, 0) is 32.1 Å². The van der Waals surface area contributed by atoms with Crippen LogP contribution in [0.2, 0.25) is 0 Å². The molecule has 0 atom stereocenters. The molecule has 0 radical (unpaired) electrons. The van der Waals surface area contributed by atoms with E-state index in [1.807, 2.05) is 4.90 Å². The number of piperidine rings is 1. The molecule has 2 rings (SSSR count). The molecule has 2 aliphatic rings. The van der Waals surface area contributed by atoms with Crippen molar-refractivity contribution in [3.05, 3.63) is 0 Å². The van der Waals surface area contributed by atoms with Gasteiger partial charge < -0.3 is 15.5 Å². The average molecular weight is 281 g/mol. The minimum atomic E-state index is -0.122. The molecule has 114 valence electrons. The van der Waals surface area contributed by atoms with Gasteiger partial charge in [-0.15, -0.1) is 0 Å². The second-order valence-corrected chi connectivity index (χ2v) is 5.93. The van der Waals surface area contributed by atoms with Crippen molar-refractivity contribution in [1.29, 1.82) is 0 Å². The zero-order chi connectivity index (χ0) is 14.2. The number of amides is 3. The van der Waals surface area contributed by atoms with Crippen molar-refractivity contribution < 1.29 is 9.59 Å². The number of carbonyl (C=O) groups excluding carboxylic acids is 2. The Balaban J connectivity index is 1.57. The smallest absolute Gasteiger partial charge is 0.315 e. The van der Waals surface area contributed by atoms with Crippen LogP contribution in [0.4, 0.5) is 4.79 Å². The van der Waals surface area contributed by atoms with E-state index in [-0.39, 0.29) is 11.9 Å². The predicted octanol–water partition coefficient (Wildman–Crippen LogP) is 2.02. The second-order valence-electron chi connectivity index (χ2n) is 5.93. The number of rotatable bonds is 4. The van der Waals surface area contributed by atoms with E-state index in [9.17, 15) is 9.59 Å². The molecule has 2 N–H and O–H groups in total. The molecule has 1 saturated heterocycles. The quantitative estimate of drug-likeness (QED) is 0.828. The number of urea groups is 1. The van der Waals surface area contributed by atoms with Crippen molar-refractivity contribution in [1.82, 2.24) is 15.5 Å². The molecule has 1 aliphatic carbocycles. The predicted molar refractivity (Wildman–Crippen MR) is 78.5 cm³/mol. The fraction of sp³-hybridized carbons (Fsp3) is 0.867. The summed E-state index contributed by atoms with van der Waals surface area (Å²) >= 11 is 0. The molecule has 20 heavy (non-hydrogen) atoms. The maximum Gasteiger partial charge on any atom is 0.315 e. The van der Waals surface area contributed by atoms with Gasteiger partial charge in [0.15, 0.2) is 0 Å². The topological polar surface area (TPSA) is 61.4 Å². The van der Waals surface area contributed by atoms with Crippen molar-refractivity contribution in [3.8, 4) is 0 Å². The lowest BCUT2D eigenvalue weighted by atomic mass is 9.96. The Morgan fingerprint density at radius 2 is 1.60 bits per heavy atom. The second kappa shape index (κ2) is 8.12. The lowest BCUT2D eigenvalue weighted by molar-refractivity contribution is -0.131.